The van der Waals surface area contributed by atoms with Gasteiger partial charge in [0.2, 0.25) is 17.7 Å². The van der Waals surface area contributed by atoms with Gasteiger partial charge in [0, 0.05) is 39.0 Å². The van der Waals surface area contributed by atoms with Gasteiger partial charge in [-0.05, 0) is 75.3 Å². The average Bonchev–Trinajstić information content (AvgIpc) is 2.99. The van der Waals surface area contributed by atoms with Crippen molar-refractivity contribution in [2.45, 2.75) is 57.2 Å². The minimum atomic E-state index is -0.830. The highest BCUT2D eigenvalue weighted by Gasteiger charge is 2.34. The summed E-state index contributed by atoms with van der Waals surface area (Å²) in [6, 6.07) is 22.2. The van der Waals surface area contributed by atoms with Crippen molar-refractivity contribution in [2.75, 3.05) is 41.3 Å². The van der Waals surface area contributed by atoms with Crippen molar-refractivity contribution in [3.8, 4) is 0 Å². The van der Waals surface area contributed by atoms with Crippen molar-refractivity contribution in [1.29, 1.82) is 0 Å². The number of nitrogens with two attached hydrogens (primary N) is 1. The number of likely N-dealkylation sites (N-methyl/N-ethyl adjacent to an activating group) is 2. The maximum Gasteiger partial charge on any atom is 0.246 e. The summed E-state index contributed by atoms with van der Waals surface area (Å²) in [6.07, 6.45) is 5.20. The molecule has 0 aliphatic rings. The number of carbonyl (C=O) groups excluding carboxylic acids is 3. The van der Waals surface area contributed by atoms with Gasteiger partial charge in [-0.3, -0.25) is 14.4 Å². The molecule has 0 unspecified atom stereocenters. The molecular weight excluding hydrogens is 550 g/mol. The maximum atomic E-state index is 14.3. The van der Waals surface area contributed by atoms with Crippen LogP contribution >= 0.6 is 0 Å². The van der Waals surface area contributed by atoms with Crippen LogP contribution in [0.2, 0.25) is 0 Å². The number of nitrogens with zero attached hydrogens (tertiary/aromatic N) is 3. The summed E-state index contributed by atoms with van der Waals surface area (Å²) in [4.78, 5) is 46.3. The molecule has 0 aromatic heterocycles. The standard InChI is InChI=1S/C36H49N5O3/c1-36(2,37)21-12-18-33(42)40(5)32(26-28-19-20-29-16-10-11-17-30(29)24-28)35(44)41(6)31(25-27-14-8-7-9-15-27)34(43)38-22-13-23-39(3)4/h7-12,14-20,24,31-32H,13,21-23,25-26,37H2,1-6H3,(H,38,43)/b18-12+/t31-,32-/m1/s1. The molecule has 8 nitrogen and oxygen atoms in total. The summed E-state index contributed by atoms with van der Waals surface area (Å²) in [5.41, 5.74) is 7.51. The molecule has 0 heterocycles. The monoisotopic (exact) mass is 599 g/mol. The number of carbonyl (C=O) groups is 3. The first-order valence-electron chi connectivity index (χ1n) is 15.3. The van der Waals surface area contributed by atoms with Crippen molar-refractivity contribution in [3.05, 3.63) is 96.1 Å². The lowest BCUT2D eigenvalue weighted by Gasteiger charge is -2.34. The van der Waals surface area contributed by atoms with Gasteiger partial charge in [-0.25, -0.2) is 0 Å². The quantitative estimate of drug-likeness (QED) is 0.203. The summed E-state index contributed by atoms with van der Waals surface area (Å²) in [6.45, 7) is 5.13. The molecule has 0 spiro atoms. The van der Waals surface area contributed by atoms with Crippen LogP contribution in [-0.4, -0.2) is 91.3 Å². The van der Waals surface area contributed by atoms with Gasteiger partial charge in [0.1, 0.15) is 12.1 Å². The molecule has 3 aromatic carbocycles. The second kappa shape index (κ2) is 16.2. The lowest BCUT2D eigenvalue weighted by Crippen LogP contribution is -2.56. The Morgan fingerprint density at radius 1 is 0.818 bits per heavy atom. The molecule has 0 bridgehead atoms. The molecule has 3 N–H and O–H groups in total. The first kappa shape index (κ1) is 34.5. The first-order chi connectivity index (χ1) is 20.9. The summed E-state index contributed by atoms with van der Waals surface area (Å²) in [5, 5.41) is 5.19. The summed E-state index contributed by atoms with van der Waals surface area (Å²) in [7, 11) is 7.29. The van der Waals surface area contributed by atoms with E-state index in [1.54, 1.807) is 20.2 Å². The third-order valence-electron chi connectivity index (χ3n) is 7.72. The second-order valence-corrected chi connectivity index (χ2v) is 12.5. The number of rotatable bonds is 15. The van der Waals surface area contributed by atoms with E-state index >= 15 is 0 Å². The largest absolute Gasteiger partial charge is 0.354 e. The molecule has 0 radical (unpaired) electrons. The SMILES string of the molecule is CN(C)CCCNC(=O)[C@@H](Cc1ccccc1)N(C)C(=O)[C@@H](Cc1ccc2ccccc2c1)N(C)C(=O)/C=C/CC(C)(C)N. The van der Waals surface area contributed by atoms with Crippen molar-refractivity contribution in [1.82, 2.24) is 20.0 Å². The van der Waals surface area contributed by atoms with Gasteiger partial charge in [-0.15, -0.1) is 0 Å². The number of amides is 3. The van der Waals surface area contributed by atoms with E-state index in [0.717, 1.165) is 34.9 Å². The highest BCUT2D eigenvalue weighted by atomic mass is 16.2. The molecule has 0 aliphatic carbocycles. The van der Waals surface area contributed by atoms with Gasteiger partial charge in [-0.1, -0.05) is 78.9 Å². The Hall–Kier alpha value is -4.01. The molecule has 236 valence electrons. The fourth-order valence-electron chi connectivity index (χ4n) is 5.07. The smallest absolute Gasteiger partial charge is 0.246 e. The third-order valence-corrected chi connectivity index (χ3v) is 7.72. The molecule has 0 fully saturated rings. The van der Waals surface area contributed by atoms with Crippen LogP contribution in [0.4, 0.5) is 0 Å². The Labute approximate surface area is 262 Å². The molecule has 0 saturated carbocycles. The lowest BCUT2D eigenvalue weighted by molar-refractivity contribution is -0.146. The van der Waals surface area contributed by atoms with E-state index < -0.39 is 17.6 Å². The third kappa shape index (κ3) is 10.6. The highest BCUT2D eigenvalue weighted by Crippen LogP contribution is 2.20. The van der Waals surface area contributed by atoms with Crippen LogP contribution in [0.5, 0.6) is 0 Å². The van der Waals surface area contributed by atoms with Gasteiger partial charge >= 0.3 is 0 Å². The molecule has 3 aromatic rings. The highest BCUT2D eigenvalue weighted by molar-refractivity contribution is 5.95. The average molecular weight is 600 g/mol. The van der Waals surface area contributed by atoms with Gasteiger partial charge in [0.25, 0.3) is 0 Å². The fraction of sp³-hybridized carbons (Fsp3) is 0.417. The molecule has 3 amide bonds. The Bertz CT molecular complexity index is 1410. The lowest BCUT2D eigenvalue weighted by atomic mass is 9.98. The van der Waals surface area contributed by atoms with Gasteiger partial charge in [-0.2, -0.15) is 0 Å². The van der Waals surface area contributed by atoms with Crippen molar-refractivity contribution < 1.29 is 14.4 Å². The van der Waals surface area contributed by atoms with Crippen LogP contribution in [0.1, 0.15) is 37.8 Å². The Morgan fingerprint density at radius 2 is 1.45 bits per heavy atom. The summed E-state index contributed by atoms with van der Waals surface area (Å²) < 4.78 is 0. The molecule has 3 rings (SSSR count). The minimum absolute atomic E-state index is 0.216. The maximum absolute atomic E-state index is 14.3. The summed E-state index contributed by atoms with van der Waals surface area (Å²) >= 11 is 0. The van der Waals surface area contributed by atoms with Gasteiger partial charge in [0.15, 0.2) is 0 Å². The molecule has 44 heavy (non-hydrogen) atoms. The summed E-state index contributed by atoms with van der Waals surface area (Å²) in [5.74, 6) is -0.813. The van der Waals surface area contributed by atoms with Crippen LogP contribution in [0, 0.1) is 0 Å². The number of hydrogen-bond donors (Lipinski definition) is 2. The zero-order valence-electron chi connectivity index (χ0n) is 27.1. The van der Waals surface area contributed by atoms with Crippen LogP contribution in [0.3, 0.4) is 0 Å². The van der Waals surface area contributed by atoms with Gasteiger partial charge < -0.3 is 25.8 Å². The zero-order chi connectivity index (χ0) is 32.3. The van der Waals surface area contributed by atoms with E-state index in [1.807, 2.05) is 94.7 Å². The van der Waals surface area contributed by atoms with Crippen LogP contribution in [0.25, 0.3) is 10.8 Å². The first-order valence-corrected chi connectivity index (χ1v) is 15.3. The zero-order valence-corrected chi connectivity index (χ0v) is 27.1. The Morgan fingerprint density at radius 3 is 2.11 bits per heavy atom. The van der Waals surface area contributed by atoms with Crippen molar-refractivity contribution in [3.63, 3.8) is 0 Å². The van der Waals surface area contributed by atoms with E-state index in [4.69, 9.17) is 5.73 Å². The Kier molecular flexibility index (Phi) is 12.7. The normalized spacial score (nSPS) is 13.2. The topological polar surface area (TPSA) is 99.0 Å². The molecule has 8 heteroatoms. The molecule has 0 aliphatic heterocycles. The van der Waals surface area contributed by atoms with E-state index in [-0.39, 0.29) is 17.7 Å². The van der Waals surface area contributed by atoms with E-state index in [1.165, 1.54) is 15.9 Å². The molecule has 0 saturated heterocycles. The number of fused-ring (bicyclic) bond motifs is 1. The van der Waals surface area contributed by atoms with Crippen molar-refractivity contribution in [2.24, 2.45) is 5.73 Å². The molecule has 2 atom stereocenters. The Balaban J connectivity index is 1.92. The number of nitrogens with one attached hydrogen (secondary N) is 1. The van der Waals surface area contributed by atoms with Gasteiger partial charge in [0.05, 0.1) is 0 Å². The van der Waals surface area contributed by atoms with E-state index in [9.17, 15) is 14.4 Å². The van der Waals surface area contributed by atoms with Crippen LogP contribution in [-0.2, 0) is 27.2 Å². The second-order valence-electron chi connectivity index (χ2n) is 12.5. The van der Waals surface area contributed by atoms with E-state index in [0.29, 0.717) is 25.8 Å². The minimum Gasteiger partial charge on any atom is -0.354 e. The predicted octanol–water partition coefficient (Wildman–Crippen LogP) is 4.03. The molecular formula is C36H49N5O3. The number of benzene rings is 3. The predicted molar refractivity (Wildman–Crippen MR) is 179 cm³/mol. The fourth-order valence-corrected chi connectivity index (χ4v) is 5.07. The number of hydrogen-bond acceptors (Lipinski definition) is 5. The van der Waals surface area contributed by atoms with Crippen molar-refractivity contribution >= 4 is 28.5 Å². The van der Waals surface area contributed by atoms with E-state index in [2.05, 4.69) is 16.3 Å². The van der Waals surface area contributed by atoms with Crippen LogP contribution in [0.15, 0.2) is 84.9 Å². The van der Waals surface area contributed by atoms with Crippen LogP contribution < -0.4 is 11.1 Å².